The third-order valence-corrected chi connectivity index (χ3v) is 2.99. The molecule has 0 aliphatic carbocycles. The average Bonchev–Trinajstić information content (AvgIpc) is 2.35. The first-order chi connectivity index (χ1) is 8.22. The number of thiol groups is 1. The molecule has 0 aliphatic rings. The van der Waals surface area contributed by atoms with Gasteiger partial charge in [-0.2, -0.15) is 12.6 Å². The van der Waals surface area contributed by atoms with Gasteiger partial charge in [0, 0.05) is 6.54 Å². The maximum absolute atomic E-state index is 5.29. The van der Waals surface area contributed by atoms with Crippen molar-refractivity contribution < 1.29 is 9.47 Å². The smallest absolute Gasteiger partial charge is 0.161 e. The second-order valence-electron chi connectivity index (χ2n) is 3.89. The van der Waals surface area contributed by atoms with Crippen LogP contribution in [0.4, 0.5) is 0 Å². The standard InChI is InChI=1S/C13H21NO2S/c1-10-7-12(15-2)13(16-3)8-11(10)9-14-5-4-6-17/h7-8,14,17H,4-6,9H2,1-3H3. The van der Waals surface area contributed by atoms with Gasteiger partial charge in [0.15, 0.2) is 11.5 Å². The molecule has 0 radical (unpaired) electrons. The monoisotopic (exact) mass is 255 g/mol. The summed E-state index contributed by atoms with van der Waals surface area (Å²) in [6.45, 7) is 3.91. The Morgan fingerprint density at radius 2 is 1.82 bits per heavy atom. The third kappa shape index (κ3) is 4.13. The minimum absolute atomic E-state index is 0.782. The van der Waals surface area contributed by atoms with Crippen LogP contribution in [0.25, 0.3) is 0 Å². The molecule has 96 valence electrons. The second-order valence-corrected chi connectivity index (χ2v) is 4.33. The van der Waals surface area contributed by atoms with E-state index in [0.29, 0.717) is 0 Å². The van der Waals surface area contributed by atoms with Gasteiger partial charge in [-0.1, -0.05) is 0 Å². The lowest BCUT2D eigenvalue weighted by Crippen LogP contribution is -2.15. The van der Waals surface area contributed by atoms with Gasteiger partial charge in [-0.3, -0.25) is 0 Å². The highest BCUT2D eigenvalue weighted by molar-refractivity contribution is 7.80. The molecule has 0 saturated carbocycles. The van der Waals surface area contributed by atoms with Gasteiger partial charge in [-0.05, 0) is 48.9 Å². The van der Waals surface area contributed by atoms with Gasteiger partial charge in [-0.15, -0.1) is 0 Å². The van der Waals surface area contributed by atoms with Crippen molar-refractivity contribution in [2.75, 3.05) is 26.5 Å². The Hall–Kier alpha value is -0.870. The number of ether oxygens (including phenoxy) is 2. The van der Waals surface area contributed by atoms with Gasteiger partial charge in [-0.25, -0.2) is 0 Å². The number of methoxy groups -OCH3 is 2. The molecule has 17 heavy (non-hydrogen) atoms. The Labute approximate surface area is 109 Å². The Balaban J connectivity index is 2.71. The largest absolute Gasteiger partial charge is 0.493 e. The molecule has 0 bridgehead atoms. The van der Waals surface area contributed by atoms with Gasteiger partial charge in [0.25, 0.3) is 0 Å². The first-order valence-electron chi connectivity index (χ1n) is 5.76. The van der Waals surface area contributed by atoms with Gasteiger partial charge in [0.05, 0.1) is 14.2 Å². The number of hydrogen-bond donors (Lipinski definition) is 2. The molecule has 1 aromatic rings. The van der Waals surface area contributed by atoms with Crippen molar-refractivity contribution in [2.24, 2.45) is 0 Å². The normalized spacial score (nSPS) is 10.4. The van der Waals surface area contributed by atoms with Gasteiger partial charge >= 0.3 is 0 Å². The number of hydrogen-bond acceptors (Lipinski definition) is 4. The predicted molar refractivity (Wildman–Crippen MR) is 74.5 cm³/mol. The van der Waals surface area contributed by atoms with E-state index in [-0.39, 0.29) is 0 Å². The van der Waals surface area contributed by atoms with E-state index in [2.05, 4.69) is 24.9 Å². The van der Waals surface area contributed by atoms with Gasteiger partial charge < -0.3 is 14.8 Å². The van der Waals surface area contributed by atoms with Crippen molar-refractivity contribution in [3.05, 3.63) is 23.3 Å². The summed E-state index contributed by atoms with van der Waals surface area (Å²) in [5.41, 5.74) is 2.45. The molecule has 0 saturated heterocycles. The molecular weight excluding hydrogens is 234 g/mol. The van der Waals surface area contributed by atoms with Crippen LogP contribution in [0.1, 0.15) is 17.5 Å². The lowest BCUT2D eigenvalue weighted by molar-refractivity contribution is 0.354. The molecule has 4 heteroatoms. The van der Waals surface area contributed by atoms with Crippen molar-refractivity contribution in [1.29, 1.82) is 0 Å². The van der Waals surface area contributed by atoms with E-state index < -0.39 is 0 Å². The fraction of sp³-hybridized carbons (Fsp3) is 0.538. The van der Waals surface area contributed by atoms with Crippen LogP contribution in [0.5, 0.6) is 11.5 Å². The van der Waals surface area contributed by atoms with E-state index in [0.717, 1.165) is 36.8 Å². The molecule has 1 aromatic carbocycles. The van der Waals surface area contributed by atoms with Crippen molar-refractivity contribution in [3.63, 3.8) is 0 Å². The highest BCUT2D eigenvalue weighted by Crippen LogP contribution is 2.30. The summed E-state index contributed by atoms with van der Waals surface area (Å²) in [5, 5.41) is 3.39. The van der Waals surface area contributed by atoms with Gasteiger partial charge in [0.2, 0.25) is 0 Å². The van der Waals surface area contributed by atoms with Crippen molar-refractivity contribution in [1.82, 2.24) is 5.32 Å². The number of rotatable bonds is 7. The lowest BCUT2D eigenvalue weighted by Gasteiger charge is -2.13. The Morgan fingerprint density at radius 3 is 2.41 bits per heavy atom. The van der Waals surface area contributed by atoms with Crippen LogP contribution in [0.3, 0.4) is 0 Å². The minimum Gasteiger partial charge on any atom is -0.493 e. The maximum atomic E-state index is 5.29. The van der Waals surface area contributed by atoms with E-state index in [9.17, 15) is 0 Å². The highest BCUT2D eigenvalue weighted by Gasteiger charge is 2.07. The van der Waals surface area contributed by atoms with Crippen LogP contribution in [0.15, 0.2) is 12.1 Å². The zero-order valence-corrected chi connectivity index (χ0v) is 11.6. The summed E-state index contributed by atoms with van der Waals surface area (Å²) >= 11 is 4.18. The molecule has 0 atom stereocenters. The Bertz CT molecular complexity index is 356. The highest BCUT2D eigenvalue weighted by atomic mass is 32.1. The van der Waals surface area contributed by atoms with Crippen molar-refractivity contribution in [2.45, 2.75) is 19.9 Å². The van der Waals surface area contributed by atoms with Crippen molar-refractivity contribution >= 4 is 12.6 Å². The molecule has 3 nitrogen and oxygen atoms in total. The van der Waals surface area contributed by atoms with E-state index in [1.54, 1.807) is 14.2 Å². The van der Waals surface area contributed by atoms with Crippen LogP contribution in [0, 0.1) is 6.92 Å². The zero-order valence-electron chi connectivity index (χ0n) is 10.7. The van der Waals surface area contributed by atoms with Crippen molar-refractivity contribution in [3.8, 4) is 11.5 Å². The Kier molecular flexibility index (Phi) is 6.22. The number of nitrogens with one attached hydrogen (secondary N) is 1. The van der Waals surface area contributed by atoms with E-state index in [1.807, 2.05) is 12.1 Å². The third-order valence-electron chi connectivity index (χ3n) is 2.67. The summed E-state index contributed by atoms with van der Waals surface area (Å²) in [4.78, 5) is 0. The molecule has 0 heterocycles. The lowest BCUT2D eigenvalue weighted by atomic mass is 10.1. The van der Waals surface area contributed by atoms with Crippen LogP contribution in [-0.2, 0) is 6.54 Å². The summed E-state index contributed by atoms with van der Waals surface area (Å²) in [6.07, 6.45) is 1.08. The fourth-order valence-electron chi connectivity index (χ4n) is 1.64. The first kappa shape index (κ1) is 14.2. The van der Waals surface area contributed by atoms with E-state index in [4.69, 9.17) is 9.47 Å². The molecule has 1 rings (SSSR count). The summed E-state index contributed by atoms with van der Waals surface area (Å²) in [7, 11) is 3.31. The van der Waals surface area contributed by atoms with Crippen LogP contribution < -0.4 is 14.8 Å². The number of aryl methyl sites for hydroxylation is 1. The van der Waals surface area contributed by atoms with Crippen LogP contribution in [0.2, 0.25) is 0 Å². The van der Waals surface area contributed by atoms with E-state index in [1.165, 1.54) is 11.1 Å². The quantitative estimate of drug-likeness (QED) is 0.579. The molecule has 0 aliphatic heterocycles. The molecule has 0 fully saturated rings. The van der Waals surface area contributed by atoms with E-state index >= 15 is 0 Å². The molecule has 0 unspecified atom stereocenters. The van der Waals surface area contributed by atoms with Crippen LogP contribution in [-0.4, -0.2) is 26.5 Å². The summed E-state index contributed by atoms with van der Waals surface area (Å²) < 4.78 is 10.6. The fourth-order valence-corrected chi connectivity index (χ4v) is 1.80. The molecular formula is C13H21NO2S. The molecule has 0 amide bonds. The zero-order chi connectivity index (χ0) is 12.7. The molecule has 0 aromatic heterocycles. The Morgan fingerprint density at radius 1 is 1.18 bits per heavy atom. The summed E-state index contributed by atoms with van der Waals surface area (Å²) in [5.74, 6) is 2.48. The summed E-state index contributed by atoms with van der Waals surface area (Å²) in [6, 6.07) is 4.04. The maximum Gasteiger partial charge on any atom is 0.161 e. The second kappa shape index (κ2) is 7.45. The van der Waals surface area contributed by atoms with Crippen LogP contribution >= 0.6 is 12.6 Å². The molecule has 0 spiro atoms. The minimum atomic E-state index is 0.782. The molecule has 1 N–H and O–H groups in total. The number of benzene rings is 1. The topological polar surface area (TPSA) is 30.5 Å². The van der Waals surface area contributed by atoms with Gasteiger partial charge in [0.1, 0.15) is 0 Å². The average molecular weight is 255 g/mol. The predicted octanol–water partition coefficient (Wildman–Crippen LogP) is 2.42. The first-order valence-corrected chi connectivity index (χ1v) is 6.39. The SMILES string of the molecule is COc1cc(C)c(CNCCCS)cc1OC.